The molecule has 0 saturated heterocycles. The molecule has 18 heavy (non-hydrogen) atoms. The average molecular weight is 328 g/mol. The van der Waals surface area contributed by atoms with Gasteiger partial charge in [0.25, 0.3) is 0 Å². The Bertz CT molecular complexity index is 499. The molecule has 1 unspecified atom stereocenters. The van der Waals surface area contributed by atoms with Gasteiger partial charge < -0.3 is 5.32 Å². The van der Waals surface area contributed by atoms with Crippen molar-refractivity contribution in [3.05, 3.63) is 56.4 Å². The lowest BCUT2D eigenvalue weighted by atomic mass is 10.00. The van der Waals surface area contributed by atoms with E-state index in [1.165, 1.54) is 11.6 Å². The van der Waals surface area contributed by atoms with Gasteiger partial charge in [-0.15, -0.1) is 0 Å². The Hall–Kier alpha value is -0.710. The molecule has 1 N–H and O–H groups in total. The molecule has 96 valence electrons. The van der Waals surface area contributed by atoms with Crippen LogP contribution in [0.25, 0.3) is 0 Å². The largest absolute Gasteiger partial charge is 0.313 e. The second kappa shape index (κ2) is 6.45. The predicted molar refractivity (Wildman–Crippen MR) is 78.5 cm³/mol. The highest BCUT2D eigenvalue weighted by Crippen LogP contribution is 2.28. The molecular formula is C14H15BrFNS. The van der Waals surface area contributed by atoms with E-state index in [1.54, 1.807) is 17.4 Å². The summed E-state index contributed by atoms with van der Waals surface area (Å²) >= 11 is 5.04. The zero-order valence-corrected chi connectivity index (χ0v) is 12.5. The summed E-state index contributed by atoms with van der Waals surface area (Å²) in [5.74, 6) is -0.205. The third-order valence-electron chi connectivity index (χ3n) is 3.01. The van der Waals surface area contributed by atoms with Gasteiger partial charge in [-0.1, -0.05) is 12.1 Å². The zero-order valence-electron chi connectivity index (χ0n) is 10.1. The number of thiophene rings is 1. The number of hydrogen-bond acceptors (Lipinski definition) is 2. The topological polar surface area (TPSA) is 12.0 Å². The molecule has 1 nitrogen and oxygen atoms in total. The van der Waals surface area contributed by atoms with Crippen LogP contribution in [0.2, 0.25) is 0 Å². The van der Waals surface area contributed by atoms with Crippen LogP contribution in [0.5, 0.6) is 0 Å². The lowest BCUT2D eigenvalue weighted by Crippen LogP contribution is -2.17. The van der Waals surface area contributed by atoms with Crippen molar-refractivity contribution in [2.75, 3.05) is 7.05 Å². The molecule has 2 aromatic rings. The molecule has 1 aromatic heterocycles. The minimum absolute atomic E-state index is 0.162. The number of halogens is 2. The Labute approximate surface area is 119 Å². The SMILES string of the molecule is CNC(CCc1ccsc1)c1cccc(F)c1Br. The first-order valence-corrected chi connectivity index (χ1v) is 7.58. The Morgan fingerprint density at radius 1 is 1.39 bits per heavy atom. The first-order valence-electron chi connectivity index (χ1n) is 5.84. The molecule has 0 aliphatic rings. The van der Waals surface area contributed by atoms with Crippen molar-refractivity contribution < 1.29 is 4.39 Å². The molecule has 0 aliphatic heterocycles. The van der Waals surface area contributed by atoms with Gasteiger partial charge in [-0.25, -0.2) is 4.39 Å². The maximum absolute atomic E-state index is 13.5. The Kier molecular flexibility index (Phi) is 4.92. The third kappa shape index (κ3) is 3.19. The van der Waals surface area contributed by atoms with E-state index in [0.29, 0.717) is 4.47 Å². The van der Waals surface area contributed by atoms with Crippen molar-refractivity contribution in [1.29, 1.82) is 0 Å². The third-order valence-corrected chi connectivity index (χ3v) is 4.58. The molecule has 0 amide bonds. The summed E-state index contributed by atoms with van der Waals surface area (Å²) < 4.78 is 14.1. The molecule has 0 aliphatic carbocycles. The first-order chi connectivity index (χ1) is 8.72. The van der Waals surface area contributed by atoms with Gasteiger partial charge >= 0.3 is 0 Å². The molecule has 1 heterocycles. The van der Waals surface area contributed by atoms with Crippen LogP contribution in [0, 0.1) is 5.82 Å². The number of nitrogens with one attached hydrogen (secondary N) is 1. The van der Waals surface area contributed by atoms with Crippen LogP contribution in [0.1, 0.15) is 23.6 Å². The second-order valence-corrected chi connectivity index (χ2v) is 5.73. The van der Waals surface area contributed by atoms with Crippen LogP contribution in [-0.4, -0.2) is 7.05 Å². The molecule has 0 spiro atoms. The quantitative estimate of drug-likeness (QED) is 0.849. The fourth-order valence-electron chi connectivity index (χ4n) is 1.99. The lowest BCUT2D eigenvalue weighted by Gasteiger charge is -2.18. The van der Waals surface area contributed by atoms with Gasteiger partial charge in [0.2, 0.25) is 0 Å². The van der Waals surface area contributed by atoms with E-state index in [0.717, 1.165) is 18.4 Å². The van der Waals surface area contributed by atoms with Crippen molar-refractivity contribution in [2.24, 2.45) is 0 Å². The molecule has 0 bridgehead atoms. The molecule has 1 aromatic carbocycles. The summed E-state index contributed by atoms with van der Waals surface area (Å²) in [7, 11) is 1.91. The monoisotopic (exact) mass is 327 g/mol. The van der Waals surface area contributed by atoms with Crippen molar-refractivity contribution in [3.8, 4) is 0 Å². The smallest absolute Gasteiger partial charge is 0.137 e. The van der Waals surface area contributed by atoms with Gasteiger partial charge in [0.1, 0.15) is 5.82 Å². The van der Waals surface area contributed by atoms with Crippen LogP contribution in [-0.2, 0) is 6.42 Å². The Balaban J connectivity index is 2.10. The predicted octanol–water partition coefficient (Wildman–Crippen LogP) is 4.54. The van der Waals surface area contributed by atoms with Crippen molar-refractivity contribution in [2.45, 2.75) is 18.9 Å². The molecule has 4 heteroatoms. The highest BCUT2D eigenvalue weighted by Gasteiger charge is 2.14. The lowest BCUT2D eigenvalue weighted by molar-refractivity contribution is 0.538. The number of benzene rings is 1. The first kappa shape index (κ1) is 13.7. The fraction of sp³-hybridized carbons (Fsp3) is 0.286. The Morgan fingerprint density at radius 2 is 2.22 bits per heavy atom. The molecule has 0 fully saturated rings. The fourth-order valence-corrected chi connectivity index (χ4v) is 3.23. The van der Waals surface area contributed by atoms with Gasteiger partial charge in [0.05, 0.1) is 4.47 Å². The van der Waals surface area contributed by atoms with E-state index >= 15 is 0 Å². The Morgan fingerprint density at radius 3 is 2.89 bits per heavy atom. The summed E-state index contributed by atoms with van der Waals surface area (Å²) in [6, 6.07) is 7.48. The summed E-state index contributed by atoms with van der Waals surface area (Å²) in [5.41, 5.74) is 2.32. The maximum Gasteiger partial charge on any atom is 0.137 e. The van der Waals surface area contributed by atoms with Crippen LogP contribution >= 0.6 is 27.3 Å². The van der Waals surface area contributed by atoms with Crippen molar-refractivity contribution >= 4 is 27.3 Å². The van der Waals surface area contributed by atoms with E-state index in [4.69, 9.17) is 0 Å². The molecule has 1 atom stereocenters. The van der Waals surface area contributed by atoms with Crippen LogP contribution in [0.15, 0.2) is 39.5 Å². The van der Waals surface area contributed by atoms with Crippen molar-refractivity contribution in [3.63, 3.8) is 0 Å². The van der Waals surface area contributed by atoms with Gasteiger partial charge in [-0.3, -0.25) is 0 Å². The number of rotatable bonds is 5. The van der Waals surface area contributed by atoms with E-state index < -0.39 is 0 Å². The van der Waals surface area contributed by atoms with E-state index in [1.807, 2.05) is 13.1 Å². The summed E-state index contributed by atoms with van der Waals surface area (Å²) in [4.78, 5) is 0. The second-order valence-electron chi connectivity index (χ2n) is 4.15. The highest BCUT2D eigenvalue weighted by atomic mass is 79.9. The van der Waals surface area contributed by atoms with Gasteiger partial charge in [0.15, 0.2) is 0 Å². The van der Waals surface area contributed by atoms with E-state index in [9.17, 15) is 4.39 Å². The number of aryl methyl sites for hydroxylation is 1. The normalized spacial score (nSPS) is 12.6. The molecule has 2 rings (SSSR count). The van der Waals surface area contributed by atoms with Gasteiger partial charge in [-0.05, 0) is 69.8 Å². The van der Waals surface area contributed by atoms with Gasteiger partial charge in [-0.2, -0.15) is 11.3 Å². The standard InChI is InChI=1S/C14H15BrFNS/c1-17-13(6-5-10-7-8-18-9-10)11-3-2-4-12(16)14(11)15/h2-4,7-9,13,17H,5-6H2,1H3. The zero-order chi connectivity index (χ0) is 13.0. The van der Waals surface area contributed by atoms with Crippen LogP contribution in [0.4, 0.5) is 4.39 Å². The van der Waals surface area contributed by atoms with E-state index in [-0.39, 0.29) is 11.9 Å². The number of hydrogen-bond donors (Lipinski definition) is 1. The maximum atomic E-state index is 13.5. The van der Waals surface area contributed by atoms with Crippen LogP contribution < -0.4 is 5.32 Å². The van der Waals surface area contributed by atoms with E-state index in [2.05, 4.69) is 38.1 Å². The average Bonchev–Trinajstić information content (AvgIpc) is 2.88. The summed E-state index contributed by atoms with van der Waals surface area (Å²) in [6.45, 7) is 0. The summed E-state index contributed by atoms with van der Waals surface area (Å²) in [6.07, 6.45) is 1.95. The highest BCUT2D eigenvalue weighted by molar-refractivity contribution is 9.10. The molecular weight excluding hydrogens is 313 g/mol. The molecule has 0 radical (unpaired) electrons. The van der Waals surface area contributed by atoms with Gasteiger partial charge in [0, 0.05) is 6.04 Å². The van der Waals surface area contributed by atoms with Crippen molar-refractivity contribution in [1.82, 2.24) is 5.32 Å². The molecule has 0 saturated carbocycles. The minimum Gasteiger partial charge on any atom is -0.313 e. The van der Waals surface area contributed by atoms with Crippen LogP contribution in [0.3, 0.4) is 0 Å². The minimum atomic E-state index is -0.205. The summed E-state index contributed by atoms with van der Waals surface area (Å²) in [5, 5.41) is 7.50.